The minimum Gasteiger partial charge on any atom is -0.507 e. The van der Waals surface area contributed by atoms with E-state index >= 15 is 0 Å². The molecule has 9 heteroatoms. The number of aromatic amines is 1. The summed E-state index contributed by atoms with van der Waals surface area (Å²) in [5, 5.41) is 19.0. The van der Waals surface area contributed by atoms with E-state index in [0.717, 1.165) is 16.9 Å². The molecule has 0 aliphatic carbocycles. The minimum atomic E-state index is -0.522. The van der Waals surface area contributed by atoms with Gasteiger partial charge in [-0.3, -0.25) is 9.89 Å². The Morgan fingerprint density at radius 1 is 1.03 bits per heavy atom. The normalized spacial score (nSPS) is 15.0. The van der Waals surface area contributed by atoms with E-state index in [0.29, 0.717) is 44.1 Å². The molecular formula is C25H18Cl3N3O3. The second kappa shape index (κ2) is 8.87. The predicted molar refractivity (Wildman–Crippen MR) is 132 cm³/mol. The lowest BCUT2D eigenvalue weighted by atomic mass is 9.95. The molecule has 172 valence electrons. The Bertz CT molecular complexity index is 1400. The van der Waals surface area contributed by atoms with Gasteiger partial charge in [0.2, 0.25) is 0 Å². The number of carbonyl (C=O) groups excluding carboxylic acids is 1. The van der Waals surface area contributed by atoms with Crippen molar-refractivity contribution in [3.8, 4) is 22.8 Å². The maximum Gasteiger partial charge on any atom is 0.273 e. The highest BCUT2D eigenvalue weighted by atomic mass is 35.5. The summed E-state index contributed by atoms with van der Waals surface area (Å²) in [7, 11) is 1.60. The SMILES string of the molecule is COc1ccc(CN2C(=O)c3[nH]nc(-c4cc(Cl)ccc4O)c3C2c2ccc(Cl)c(Cl)c2)cc1. The number of phenols is 1. The number of ether oxygens (including phenoxy) is 1. The highest BCUT2D eigenvalue weighted by Crippen LogP contribution is 2.46. The lowest BCUT2D eigenvalue weighted by Crippen LogP contribution is -2.29. The molecule has 1 aromatic heterocycles. The van der Waals surface area contributed by atoms with Crippen LogP contribution in [0.15, 0.2) is 60.7 Å². The molecule has 1 aliphatic rings. The van der Waals surface area contributed by atoms with Gasteiger partial charge in [-0.25, -0.2) is 0 Å². The van der Waals surface area contributed by atoms with Crippen LogP contribution in [-0.2, 0) is 6.54 Å². The molecule has 0 saturated heterocycles. The van der Waals surface area contributed by atoms with Gasteiger partial charge in [0.05, 0.1) is 23.2 Å². The quantitative estimate of drug-likeness (QED) is 0.319. The molecule has 6 nitrogen and oxygen atoms in total. The number of H-pyrrole nitrogens is 1. The third-order valence-electron chi connectivity index (χ3n) is 5.85. The van der Waals surface area contributed by atoms with E-state index in [9.17, 15) is 9.90 Å². The molecule has 0 bridgehead atoms. The van der Waals surface area contributed by atoms with Crippen LogP contribution in [0.1, 0.15) is 33.2 Å². The molecule has 34 heavy (non-hydrogen) atoms. The van der Waals surface area contributed by atoms with E-state index in [2.05, 4.69) is 10.2 Å². The number of nitrogens with one attached hydrogen (secondary N) is 1. The third-order valence-corrected chi connectivity index (χ3v) is 6.82. The molecule has 0 radical (unpaired) electrons. The number of methoxy groups -OCH3 is 1. The largest absolute Gasteiger partial charge is 0.507 e. The van der Waals surface area contributed by atoms with Crippen LogP contribution in [0, 0.1) is 0 Å². The average Bonchev–Trinajstić information content (AvgIpc) is 3.37. The number of amides is 1. The van der Waals surface area contributed by atoms with Gasteiger partial charge in [-0.15, -0.1) is 0 Å². The molecule has 5 rings (SSSR count). The zero-order chi connectivity index (χ0) is 24.0. The first-order chi connectivity index (χ1) is 16.4. The monoisotopic (exact) mass is 513 g/mol. The van der Waals surface area contributed by atoms with Gasteiger partial charge >= 0.3 is 0 Å². The molecule has 1 atom stereocenters. The highest BCUT2D eigenvalue weighted by Gasteiger charge is 2.42. The zero-order valence-electron chi connectivity index (χ0n) is 17.8. The van der Waals surface area contributed by atoms with Crippen molar-refractivity contribution < 1.29 is 14.6 Å². The first-order valence-corrected chi connectivity index (χ1v) is 11.5. The van der Waals surface area contributed by atoms with Crippen molar-refractivity contribution in [1.82, 2.24) is 15.1 Å². The fraction of sp³-hybridized carbons (Fsp3) is 0.120. The number of rotatable bonds is 5. The van der Waals surface area contributed by atoms with Crippen molar-refractivity contribution in [3.05, 3.63) is 98.1 Å². The van der Waals surface area contributed by atoms with Crippen LogP contribution in [0.25, 0.3) is 11.3 Å². The smallest absolute Gasteiger partial charge is 0.273 e. The van der Waals surface area contributed by atoms with Crippen molar-refractivity contribution in [2.45, 2.75) is 12.6 Å². The number of phenolic OH excluding ortho intramolecular Hbond substituents is 1. The summed E-state index contributed by atoms with van der Waals surface area (Å²) in [5.74, 6) is 0.514. The van der Waals surface area contributed by atoms with Crippen LogP contribution in [0.3, 0.4) is 0 Å². The Morgan fingerprint density at radius 2 is 1.79 bits per heavy atom. The van der Waals surface area contributed by atoms with Gasteiger partial charge in [0, 0.05) is 22.7 Å². The summed E-state index contributed by atoms with van der Waals surface area (Å²) in [5.41, 5.74) is 3.53. The average molecular weight is 515 g/mol. The third kappa shape index (κ3) is 3.88. The van der Waals surface area contributed by atoms with Crippen LogP contribution >= 0.6 is 34.8 Å². The van der Waals surface area contributed by atoms with Crippen LogP contribution in [0.2, 0.25) is 15.1 Å². The number of fused-ring (bicyclic) bond motifs is 1. The second-order valence-electron chi connectivity index (χ2n) is 7.88. The zero-order valence-corrected chi connectivity index (χ0v) is 20.1. The first-order valence-electron chi connectivity index (χ1n) is 10.3. The molecule has 2 heterocycles. The van der Waals surface area contributed by atoms with Crippen LogP contribution in [0.5, 0.6) is 11.5 Å². The number of carbonyl (C=O) groups is 1. The summed E-state index contributed by atoms with van der Waals surface area (Å²) in [4.78, 5) is 15.3. The number of nitrogens with zero attached hydrogens (tertiary/aromatic N) is 2. The number of benzene rings is 3. The number of halogens is 3. The van der Waals surface area contributed by atoms with E-state index < -0.39 is 6.04 Å². The Kier molecular flexibility index (Phi) is 5.90. The molecule has 1 unspecified atom stereocenters. The highest BCUT2D eigenvalue weighted by molar-refractivity contribution is 6.42. The van der Waals surface area contributed by atoms with Gasteiger partial charge in [-0.1, -0.05) is 53.0 Å². The van der Waals surface area contributed by atoms with E-state index in [1.54, 1.807) is 36.3 Å². The lowest BCUT2D eigenvalue weighted by molar-refractivity contribution is 0.0730. The van der Waals surface area contributed by atoms with Gasteiger partial charge in [0.1, 0.15) is 22.9 Å². The first kappa shape index (κ1) is 22.6. The standard InChI is InChI=1S/C25H18Cl3N3O3/c1-34-16-6-2-13(3-7-16)12-31-24(14-4-8-18(27)19(28)10-14)21-22(29-30-23(21)25(31)33)17-11-15(26)5-9-20(17)32/h2-11,24,32H,12H2,1H3,(H,29,30). The lowest BCUT2D eigenvalue weighted by Gasteiger charge is -2.27. The molecule has 0 saturated carbocycles. The molecule has 1 amide bonds. The van der Waals surface area contributed by atoms with Crippen molar-refractivity contribution in [1.29, 1.82) is 0 Å². The molecule has 1 aliphatic heterocycles. The molecule has 3 aromatic carbocycles. The van der Waals surface area contributed by atoms with Gasteiger partial charge in [0.25, 0.3) is 5.91 Å². The van der Waals surface area contributed by atoms with Crippen LogP contribution < -0.4 is 4.74 Å². The fourth-order valence-corrected chi connectivity index (χ4v) is 4.70. The summed E-state index contributed by atoms with van der Waals surface area (Å²) < 4.78 is 5.24. The van der Waals surface area contributed by atoms with Crippen molar-refractivity contribution in [3.63, 3.8) is 0 Å². The molecule has 0 fully saturated rings. The van der Waals surface area contributed by atoms with E-state index in [1.165, 1.54) is 6.07 Å². The summed E-state index contributed by atoms with van der Waals surface area (Å²) >= 11 is 18.7. The Labute approximate surface area is 210 Å². The van der Waals surface area contributed by atoms with Crippen LogP contribution in [0.4, 0.5) is 0 Å². The minimum absolute atomic E-state index is 0.00708. The van der Waals surface area contributed by atoms with Gasteiger partial charge in [-0.05, 0) is 53.6 Å². The Balaban J connectivity index is 1.66. The van der Waals surface area contributed by atoms with E-state index in [4.69, 9.17) is 39.5 Å². The van der Waals surface area contributed by atoms with Crippen molar-refractivity contribution in [2.24, 2.45) is 0 Å². The molecular weight excluding hydrogens is 497 g/mol. The Hall–Kier alpha value is -3.19. The number of aromatic nitrogens is 2. The molecule has 2 N–H and O–H groups in total. The van der Waals surface area contributed by atoms with Crippen molar-refractivity contribution in [2.75, 3.05) is 7.11 Å². The summed E-state index contributed by atoms with van der Waals surface area (Å²) in [6.45, 7) is 0.331. The van der Waals surface area contributed by atoms with Crippen LogP contribution in [-0.4, -0.2) is 33.2 Å². The van der Waals surface area contributed by atoms with Gasteiger partial charge in [-0.2, -0.15) is 5.10 Å². The maximum absolute atomic E-state index is 13.5. The maximum atomic E-state index is 13.5. The number of aromatic hydroxyl groups is 1. The number of hydrogen-bond acceptors (Lipinski definition) is 4. The Morgan fingerprint density at radius 3 is 2.50 bits per heavy atom. The van der Waals surface area contributed by atoms with Gasteiger partial charge in [0.15, 0.2) is 0 Å². The molecule has 0 spiro atoms. The topological polar surface area (TPSA) is 78.5 Å². The molecule has 4 aromatic rings. The summed E-state index contributed by atoms with van der Waals surface area (Å²) in [6.07, 6.45) is 0. The number of hydrogen-bond donors (Lipinski definition) is 2. The summed E-state index contributed by atoms with van der Waals surface area (Å²) in [6, 6.07) is 17.0. The fourth-order valence-electron chi connectivity index (χ4n) is 4.22. The predicted octanol–water partition coefficient (Wildman–Crippen LogP) is 6.50. The van der Waals surface area contributed by atoms with E-state index in [1.807, 2.05) is 30.3 Å². The second-order valence-corrected chi connectivity index (χ2v) is 9.13. The van der Waals surface area contributed by atoms with Crippen molar-refractivity contribution >= 4 is 40.7 Å². The van der Waals surface area contributed by atoms with E-state index in [-0.39, 0.29) is 11.7 Å². The van der Waals surface area contributed by atoms with Gasteiger partial charge < -0.3 is 14.7 Å².